The Balaban J connectivity index is 0.939. The van der Waals surface area contributed by atoms with Crippen molar-refractivity contribution in [1.29, 1.82) is 0 Å². The van der Waals surface area contributed by atoms with Gasteiger partial charge in [-0.15, -0.1) is 0 Å². The fourth-order valence-electron chi connectivity index (χ4n) is 13.1. The van der Waals surface area contributed by atoms with Gasteiger partial charge >= 0.3 is 0 Å². The van der Waals surface area contributed by atoms with Crippen LogP contribution in [0.5, 0.6) is 0 Å². The van der Waals surface area contributed by atoms with Gasteiger partial charge in [0.05, 0.1) is 33.1 Å². The number of aromatic nitrogens is 3. The van der Waals surface area contributed by atoms with Crippen molar-refractivity contribution in [3.05, 3.63) is 285 Å². The maximum atomic E-state index is 6.37. The van der Waals surface area contributed by atoms with Crippen LogP contribution in [0, 0.1) is 0 Å². The Kier molecular flexibility index (Phi) is 9.62. The van der Waals surface area contributed by atoms with E-state index in [1.807, 2.05) is 6.07 Å². The van der Waals surface area contributed by atoms with Crippen molar-refractivity contribution in [3.8, 4) is 28.2 Å². The molecule has 12 aromatic carbocycles. The van der Waals surface area contributed by atoms with Crippen LogP contribution in [0.2, 0.25) is 0 Å². The zero-order valence-corrected chi connectivity index (χ0v) is 42.9. The van der Waals surface area contributed by atoms with Gasteiger partial charge in [0.15, 0.2) is 8.07 Å². The van der Waals surface area contributed by atoms with Crippen LogP contribution in [0.25, 0.3) is 116 Å². The van der Waals surface area contributed by atoms with Gasteiger partial charge in [0.1, 0.15) is 11.2 Å². The lowest BCUT2D eigenvalue weighted by atomic mass is 9.99. The summed E-state index contributed by atoms with van der Waals surface area (Å²) in [6.45, 7) is 0. The predicted octanol–water partition coefficient (Wildman–Crippen LogP) is 15.9. The van der Waals surface area contributed by atoms with Crippen LogP contribution in [0.3, 0.4) is 0 Å². The maximum absolute atomic E-state index is 6.37. The Labute approximate surface area is 445 Å². The number of rotatable bonds is 8. The topological polar surface area (TPSA) is 27.9 Å². The van der Waals surface area contributed by atoms with Crippen molar-refractivity contribution in [2.75, 3.05) is 0 Å². The first kappa shape index (κ1) is 43.5. The second-order valence-corrected chi connectivity index (χ2v) is 24.2. The van der Waals surface area contributed by atoms with E-state index >= 15 is 0 Å². The lowest BCUT2D eigenvalue weighted by Gasteiger charge is -2.34. The number of nitrogens with zero attached hydrogens (tertiary/aromatic N) is 3. The Morgan fingerprint density at radius 1 is 0.247 bits per heavy atom. The third-order valence-electron chi connectivity index (χ3n) is 16.4. The third-order valence-corrected chi connectivity index (χ3v) is 21.1. The lowest BCUT2D eigenvalue weighted by molar-refractivity contribution is 0.669. The molecular formula is C72H47N3OSi. The van der Waals surface area contributed by atoms with Crippen LogP contribution in [-0.2, 0) is 0 Å². The number of fused-ring (bicyclic) bond motifs is 12. The molecule has 16 rings (SSSR count). The molecule has 360 valence electrons. The van der Waals surface area contributed by atoms with Gasteiger partial charge in [-0.25, -0.2) is 0 Å². The van der Waals surface area contributed by atoms with Gasteiger partial charge in [0, 0.05) is 65.7 Å². The first-order valence-corrected chi connectivity index (χ1v) is 28.5. The van der Waals surface area contributed by atoms with Crippen LogP contribution < -0.4 is 20.7 Å². The van der Waals surface area contributed by atoms with Gasteiger partial charge in [0.25, 0.3) is 0 Å². The number of benzene rings is 12. The van der Waals surface area contributed by atoms with Crippen molar-refractivity contribution in [2.24, 2.45) is 0 Å². The van der Waals surface area contributed by atoms with E-state index in [1.165, 1.54) is 69.6 Å². The highest BCUT2D eigenvalue weighted by atomic mass is 28.3. The standard InChI is InChI=1S/C72H47N3OSi/c1-4-21-52(22-5-1)77(53-23-6-2-7-24-53,54-25-8-3-9-26-54)55-27-18-20-49(45-55)73-67-36-16-12-30-59(67)62-47-51(40-41-68(62)73)75-69-42-39-50(74-65-34-14-10-28-57(65)58-29-11-15-35-66(58)74)46-63(69)61-33-19-32-56(72(61)75)48-38-43-71-64(44-48)60-31-13-17-37-70(60)76-71/h1-47H. The van der Waals surface area contributed by atoms with Crippen LogP contribution in [0.15, 0.2) is 290 Å². The summed E-state index contributed by atoms with van der Waals surface area (Å²) in [5, 5.41) is 14.9. The van der Waals surface area contributed by atoms with E-state index in [2.05, 4.69) is 293 Å². The van der Waals surface area contributed by atoms with E-state index in [0.717, 1.165) is 66.7 Å². The molecule has 0 unspecified atom stereocenters. The summed E-state index contributed by atoms with van der Waals surface area (Å²) in [6, 6.07) is 105. The van der Waals surface area contributed by atoms with Crippen LogP contribution in [0.1, 0.15) is 0 Å². The highest BCUT2D eigenvalue weighted by molar-refractivity contribution is 7.19. The molecule has 0 saturated heterocycles. The van der Waals surface area contributed by atoms with Gasteiger partial charge in [-0.2, -0.15) is 0 Å². The molecule has 5 heteroatoms. The molecule has 16 aromatic rings. The summed E-state index contributed by atoms with van der Waals surface area (Å²) in [5.74, 6) is 0. The predicted molar refractivity (Wildman–Crippen MR) is 326 cm³/mol. The first-order valence-electron chi connectivity index (χ1n) is 26.5. The number of furan rings is 1. The maximum Gasteiger partial charge on any atom is 0.179 e. The molecule has 0 aliphatic heterocycles. The molecule has 0 radical (unpaired) electrons. The minimum absolute atomic E-state index is 0.888. The molecular weight excluding hydrogens is 951 g/mol. The fourth-order valence-corrected chi connectivity index (χ4v) is 17.9. The monoisotopic (exact) mass is 997 g/mol. The average molecular weight is 998 g/mol. The SMILES string of the molecule is c1ccc([Si](c2ccccc2)(c2ccccc2)c2cccc(-n3c4ccccc4c4cc(-n5c6ccc(-n7c8ccccc8c8ccccc87)cc6c6cccc(-c7ccc8oc9ccccc9c8c7)c65)ccc43)c2)cc1. The third kappa shape index (κ3) is 6.45. The molecule has 0 amide bonds. The normalized spacial score (nSPS) is 12.2. The van der Waals surface area contributed by atoms with E-state index in [4.69, 9.17) is 4.42 Å². The van der Waals surface area contributed by atoms with E-state index in [1.54, 1.807) is 0 Å². The van der Waals surface area contributed by atoms with E-state index in [0.29, 0.717) is 0 Å². The molecule has 0 spiro atoms. The molecule has 0 fully saturated rings. The summed E-state index contributed by atoms with van der Waals surface area (Å²) in [4.78, 5) is 0. The minimum atomic E-state index is -2.81. The summed E-state index contributed by atoms with van der Waals surface area (Å²) in [5.41, 5.74) is 14.5. The second-order valence-electron chi connectivity index (χ2n) is 20.4. The summed E-state index contributed by atoms with van der Waals surface area (Å²) in [6.07, 6.45) is 0. The number of hydrogen-bond donors (Lipinski definition) is 0. The van der Waals surface area contributed by atoms with Crippen molar-refractivity contribution in [2.45, 2.75) is 0 Å². The zero-order valence-electron chi connectivity index (χ0n) is 41.9. The molecule has 4 heterocycles. The van der Waals surface area contributed by atoms with Crippen molar-refractivity contribution < 1.29 is 4.42 Å². The highest BCUT2D eigenvalue weighted by Crippen LogP contribution is 2.43. The van der Waals surface area contributed by atoms with Crippen molar-refractivity contribution in [1.82, 2.24) is 13.7 Å². The number of hydrogen-bond acceptors (Lipinski definition) is 1. The molecule has 0 atom stereocenters. The Hall–Kier alpha value is -9.94. The van der Waals surface area contributed by atoms with E-state index in [9.17, 15) is 0 Å². The Bertz CT molecular complexity index is 4840. The second kappa shape index (κ2) is 17.0. The average Bonchev–Trinajstić information content (AvgIpc) is 4.45. The lowest BCUT2D eigenvalue weighted by Crippen LogP contribution is -2.74. The molecule has 0 aliphatic carbocycles. The molecule has 4 nitrogen and oxygen atoms in total. The van der Waals surface area contributed by atoms with Crippen LogP contribution >= 0.6 is 0 Å². The van der Waals surface area contributed by atoms with Crippen LogP contribution in [0.4, 0.5) is 0 Å². The van der Waals surface area contributed by atoms with Crippen molar-refractivity contribution in [3.63, 3.8) is 0 Å². The highest BCUT2D eigenvalue weighted by Gasteiger charge is 2.41. The smallest absolute Gasteiger partial charge is 0.179 e. The molecule has 0 saturated carbocycles. The quantitative estimate of drug-likeness (QED) is 0.110. The molecule has 0 bridgehead atoms. The largest absolute Gasteiger partial charge is 0.456 e. The molecule has 77 heavy (non-hydrogen) atoms. The van der Waals surface area contributed by atoms with Gasteiger partial charge in [0.2, 0.25) is 0 Å². The summed E-state index contributed by atoms with van der Waals surface area (Å²) < 4.78 is 13.8. The van der Waals surface area contributed by atoms with Crippen molar-refractivity contribution >= 4 is 116 Å². The molecule has 4 aromatic heterocycles. The van der Waals surface area contributed by atoms with Gasteiger partial charge < -0.3 is 18.1 Å². The summed E-state index contributed by atoms with van der Waals surface area (Å²) >= 11 is 0. The van der Waals surface area contributed by atoms with Gasteiger partial charge in [-0.3, -0.25) is 0 Å². The molecule has 0 N–H and O–H groups in total. The number of para-hydroxylation sites is 5. The Morgan fingerprint density at radius 3 is 1.29 bits per heavy atom. The Morgan fingerprint density at radius 2 is 0.675 bits per heavy atom. The summed E-state index contributed by atoms with van der Waals surface area (Å²) in [7, 11) is -2.81. The van der Waals surface area contributed by atoms with Gasteiger partial charge in [-0.05, 0) is 111 Å². The fraction of sp³-hybridized carbons (Fsp3) is 0. The van der Waals surface area contributed by atoms with E-state index < -0.39 is 8.07 Å². The molecule has 0 aliphatic rings. The zero-order chi connectivity index (χ0) is 50.6. The minimum Gasteiger partial charge on any atom is -0.456 e. The first-order chi connectivity index (χ1) is 38.2. The van der Waals surface area contributed by atoms with E-state index in [-0.39, 0.29) is 0 Å². The van der Waals surface area contributed by atoms with Crippen LogP contribution in [-0.4, -0.2) is 21.8 Å². The van der Waals surface area contributed by atoms with Gasteiger partial charge in [-0.1, -0.05) is 200 Å².